The van der Waals surface area contributed by atoms with Crippen LogP contribution in [-0.2, 0) is 9.59 Å². The number of rotatable bonds is 4. The average molecular weight is 416 g/mol. The second-order valence-electron chi connectivity index (χ2n) is 5.80. The van der Waals surface area contributed by atoms with Gasteiger partial charge in [0.15, 0.2) is 0 Å². The lowest BCUT2D eigenvalue weighted by Crippen LogP contribution is -2.29. The van der Waals surface area contributed by atoms with Gasteiger partial charge in [0.05, 0.1) is 11.6 Å². The van der Waals surface area contributed by atoms with Gasteiger partial charge >= 0.3 is 0 Å². The maximum absolute atomic E-state index is 13.7. The molecule has 0 radical (unpaired) electrons. The van der Waals surface area contributed by atoms with E-state index in [0.29, 0.717) is 11.1 Å². The molecule has 0 saturated carbocycles. The number of carbonyl (C=O) groups excluding carboxylic acids is 2. The van der Waals surface area contributed by atoms with Gasteiger partial charge in [-0.2, -0.15) is 0 Å². The third kappa shape index (κ3) is 3.20. The van der Waals surface area contributed by atoms with E-state index in [-0.39, 0.29) is 17.9 Å². The van der Waals surface area contributed by atoms with Crippen LogP contribution in [0.5, 0.6) is 0 Å². The van der Waals surface area contributed by atoms with Crippen molar-refractivity contribution in [1.29, 1.82) is 0 Å². The number of amides is 1. The molecule has 1 aliphatic rings. The van der Waals surface area contributed by atoms with Crippen LogP contribution in [0.25, 0.3) is 5.76 Å². The zero-order valence-electron chi connectivity index (χ0n) is 13.7. The summed E-state index contributed by atoms with van der Waals surface area (Å²) >= 11 is 3.31. The van der Waals surface area contributed by atoms with Gasteiger partial charge in [-0.25, -0.2) is 4.39 Å². The van der Waals surface area contributed by atoms with E-state index in [1.165, 1.54) is 29.2 Å². The number of hydrogen-bond acceptors (Lipinski definition) is 3. The first-order chi connectivity index (χ1) is 12.4. The first-order valence-electron chi connectivity index (χ1n) is 7.84. The number of nitrogens with zero attached hydrogens (tertiary/aromatic N) is 1. The summed E-state index contributed by atoms with van der Waals surface area (Å²) in [4.78, 5) is 26.3. The molecule has 3 rings (SSSR count). The Kier molecular flexibility index (Phi) is 5.04. The SMILES string of the molecule is C=CCN1C(=O)C(=O)/C(=C(/O)c2ccc(Br)cc2)C1c1cccc(F)c1. The lowest BCUT2D eigenvalue weighted by Gasteiger charge is -2.24. The molecule has 132 valence electrons. The fourth-order valence-corrected chi connectivity index (χ4v) is 3.26. The zero-order chi connectivity index (χ0) is 18.8. The molecular formula is C20H15BrFNO3. The molecule has 1 fully saturated rings. The molecule has 0 aliphatic carbocycles. The smallest absolute Gasteiger partial charge is 0.295 e. The van der Waals surface area contributed by atoms with Crippen molar-refractivity contribution in [1.82, 2.24) is 4.90 Å². The summed E-state index contributed by atoms with van der Waals surface area (Å²) in [5, 5.41) is 10.7. The highest BCUT2D eigenvalue weighted by molar-refractivity contribution is 9.10. The van der Waals surface area contributed by atoms with Crippen molar-refractivity contribution in [2.75, 3.05) is 6.54 Å². The highest BCUT2D eigenvalue weighted by atomic mass is 79.9. The highest BCUT2D eigenvalue weighted by Gasteiger charge is 2.45. The topological polar surface area (TPSA) is 57.6 Å². The van der Waals surface area contributed by atoms with Crippen LogP contribution in [0.15, 0.2) is 71.2 Å². The molecule has 0 spiro atoms. The quantitative estimate of drug-likeness (QED) is 0.352. The molecule has 6 heteroatoms. The number of halogens is 2. The van der Waals surface area contributed by atoms with E-state index < -0.39 is 23.5 Å². The standard InChI is InChI=1S/C20H15BrFNO3/c1-2-10-23-17(13-4-3-5-15(22)11-13)16(19(25)20(23)26)18(24)12-6-8-14(21)9-7-12/h2-9,11,17,24H,1,10H2/b18-16+. The number of hydrogen-bond donors (Lipinski definition) is 1. The number of aliphatic hydroxyl groups excluding tert-OH is 1. The minimum absolute atomic E-state index is 0.0650. The van der Waals surface area contributed by atoms with Crippen LogP contribution in [0.2, 0.25) is 0 Å². The van der Waals surface area contributed by atoms with Crippen LogP contribution < -0.4 is 0 Å². The molecule has 1 aliphatic heterocycles. The van der Waals surface area contributed by atoms with Gasteiger partial charge in [0, 0.05) is 16.6 Å². The summed E-state index contributed by atoms with van der Waals surface area (Å²) in [5.41, 5.74) is 0.737. The van der Waals surface area contributed by atoms with Crippen molar-refractivity contribution >= 4 is 33.4 Å². The van der Waals surface area contributed by atoms with Crippen LogP contribution in [0.1, 0.15) is 17.2 Å². The molecule has 4 nitrogen and oxygen atoms in total. The summed E-state index contributed by atoms with van der Waals surface area (Å²) in [7, 11) is 0. The largest absolute Gasteiger partial charge is 0.507 e. The molecule has 1 amide bonds. The fraction of sp³-hybridized carbons (Fsp3) is 0.100. The molecular weight excluding hydrogens is 401 g/mol. The Morgan fingerprint density at radius 1 is 1.23 bits per heavy atom. The van der Waals surface area contributed by atoms with Gasteiger partial charge in [-0.3, -0.25) is 9.59 Å². The number of aliphatic hydroxyl groups is 1. The molecule has 2 aromatic rings. The molecule has 26 heavy (non-hydrogen) atoms. The van der Waals surface area contributed by atoms with E-state index in [1.807, 2.05) is 0 Å². The second kappa shape index (κ2) is 7.25. The summed E-state index contributed by atoms with van der Waals surface area (Å²) in [5.74, 6) is -2.34. The van der Waals surface area contributed by atoms with Gasteiger partial charge in [0.2, 0.25) is 0 Å². The Morgan fingerprint density at radius 3 is 2.54 bits per heavy atom. The second-order valence-corrected chi connectivity index (χ2v) is 6.72. The summed E-state index contributed by atoms with van der Waals surface area (Å²) in [6.07, 6.45) is 1.48. The molecule has 1 atom stereocenters. The molecule has 0 aromatic heterocycles. The number of Topliss-reactive ketones (excluding diaryl/α,β-unsaturated/α-hetero) is 1. The first kappa shape index (κ1) is 18.1. The van der Waals surface area contributed by atoms with Gasteiger partial charge < -0.3 is 10.0 Å². The average Bonchev–Trinajstić information content (AvgIpc) is 2.87. The number of likely N-dealkylation sites (tertiary alicyclic amines) is 1. The molecule has 1 unspecified atom stereocenters. The Balaban J connectivity index is 2.21. The lowest BCUT2D eigenvalue weighted by atomic mass is 9.95. The van der Waals surface area contributed by atoms with Crippen molar-refractivity contribution in [2.45, 2.75) is 6.04 Å². The van der Waals surface area contributed by atoms with Crippen molar-refractivity contribution in [3.8, 4) is 0 Å². The molecule has 1 heterocycles. The van der Waals surface area contributed by atoms with E-state index in [2.05, 4.69) is 22.5 Å². The van der Waals surface area contributed by atoms with E-state index >= 15 is 0 Å². The fourth-order valence-electron chi connectivity index (χ4n) is 2.99. The van der Waals surface area contributed by atoms with Crippen molar-refractivity contribution in [3.05, 3.63) is 88.2 Å². The molecule has 2 aromatic carbocycles. The Hall–Kier alpha value is -2.73. The number of benzene rings is 2. The maximum atomic E-state index is 13.7. The van der Waals surface area contributed by atoms with Gasteiger partial charge in [-0.15, -0.1) is 6.58 Å². The highest BCUT2D eigenvalue weighted by Crippen LogP contribution is 2.39. The van der Waals surface area contributed by atoms with E-state index in [4.69, 9.17) is 0 Å². The predicted octanol–water partition coefficient (Wildman–Crippen LogP) is 4.20. The lowest BCUT2D eigenvalue weighted by molar-refractivity contribution is -0.139. The zero-order valence-corrected chi connectivity index (χ0v) is 15.2. The minimum atomic E-state index is -0.882. The minimum Gasteiger partial charge on any atom is -0.507 e. The van der Waals surface area contributed by atoms with Crippen LogP contribution in [0.4, 0.5) is 4.39 Å². The normalized spacial score (nSPS) is 19.0. The van der Waals surface area contributed by atoms with E-state index in [0.717, 1.165) is 4.47 Å². The van der Waals surface area contributed by atoms with Gasteiger partial charge in [0.25, 0.3) is 11.7 Å². The maximum Gasteiger partial charge on any atom is 0.295 e. The Labute approximate surface area is 158 Å². The van der Waals surface area contributed by atoms with E-state index in [9.17, 15) is 19.1 Å². The van der Waals surface area contributed by atoms with Crippen LogP contribution in [-0.4, -0.2) is 28.2 Å². The number of ketones is 1. The summed E-state index contributed by atoms with van der Waals surface area (Å²) in [6.45, 7) is 3.70. The third-order valence-corrected chi connectivity index (χ3v) is 4.68. The monoisotopic (exact) mass is 415 g/mol. The van der Waals surface area contributed by atoms with Crippen LogP contribution in [0.3, 0.4) is 0 Å². The molecule has 0 bridgehead atoms. The molecule has 1 saturated heterocycles. The predicted molar refractivity (Wildman–Crippen MR) is 99.7 cm³/mol. The number of carbonyl (C=O) groups is 2. The van der Waals surface area contributed by atoms with Gasteiger partial charge in [-0.05, 0) is 29.8 Å². The van der Waals surface area contributed by atoms with Crippen LogP contribution in [0, 0.1) is 5.82 Å². The van der Waals surface area contributed by atoms with Crippen molar-refractivity contribution in [3.63, 3.8) is 0 Å². The van der Waals surface area contributed by atoms with Crippen LogP contribution >= 0.6 is 15.9 Å². The Bertz CT molecular complexity index is 921. The molecule has 1 N–H and O–H groups in total. The third-order valence-electron chi connectivity index (χ3n) is 4.15. The van der Waals surface area contributed by atoms with Gasteiger partial charge in [0.1, 0.15) is 11.6 Å². The first-order valence-corrected chi connectivity index (χ1v) is 8.64. The van der Waals surface area contributed by atoms with Crippen molar-refractivity contribution < 1.29 is 19.1 Å². The van der Waals surface area contributed by atoms with E-state index in [1.54, 1.807) is 30.3 Å². The van der Waals surface area contributed by atoms with Gasteiger partial charge in [-0.1, -0.05) is 46.3 Å². The van der Waals surface area contributed by atoms with Crippen molar-refractivity contribution in [2.24, 2.45) is 0 Å². The summed E-state index contributed by atoms with van der Waals surface area (Å²) in [6, 6.07) is 11.4. The summed E-state index contributed by atoms with van der Waals surface area (Å²) < 4.78 is 14.5. The Morgan fingerprint density at radius 2 is 1.92 bits per heavy atom.